The highest BCUT2D eigenvalue weighted by atomic mass is 16.5. The highest BCUT2D eigenvalue weighted by Crippen LogP contribution is 2.27. The number of nitriles is 1. The van der Waals surface area contributed by atoms with E-state index in [1.54, 1.807) is 7.11 Å². The molecule has 1 aromatic carbocycles. The Bertz CT molecular complexity index is 481. The molecule has 0 amide bonds. The summed E-state index contributed by atoms with van der Waals surface area (Å²) in [6.45, 7) is 5.16. The van der Waals surface area contributed by atoms with E-state index in [4.69, 9.17) is 4.74 Å². The lowest BCUT2D eigenvalue weighted by molar-refractivity contribution is 0.213. The lowest BCUT2D eigenvalue weighted by atomic mass is 10.1. The van der Waals surface area contributed by atoms with Crippen LogP contribution in [-0.2, 0) is 0 Å². The molecule has 4 nitrogen and oxygen atoms in total. The molecule has 0 spiro atoms. The van der Waals surface area contributed by atoms with Crippen molar-refractivity contribution >= 4 is 5.69 Å². The van der Waals surface area contributed by atoms with Gasteiger partial charge in [0, 0.05) is 31.7 Å². The summed E-state index contributed by atoms with van der Waals surface area (Å²) in [6, 6.07) is 8.48. The van der Waals surface area contributed by atoms with E-state index in [2.05, 4.69) is 29.8 Å². The van der Waals surface area contributed by atoms with Crippen molar-refractivity contribution in [3.8, 4) is 11.8 Å². The molecule has 2 rings (SSSR count). The van der Waals surface area contributed by atoms with Gasteiger partial charge in [0.25, 0.3) is 0 Å². The van der Waals surface area contributed by atoms with Crippen LogP contribution in [0.2, 0.25) is 0 Å². The predicted molar refractivity (Wildman–Crippen MR) is 76.6 cm³/mol. The van der Waals surface area contributed by atoms with Gasteiger partial charge in [-0.25, -0.2) is 0 Å². The number of anilines is 1. The van der Waals surface area contributed by atoms with E-state index in [0.29, 0.717) is 6.04 Å². The van der Waals surface area contributed by atoms with E-state index in [1.807, 2.05) is 18.2 Å². The second kappa shape index (κ2) is 5.94. The van der Waals surface area contributed by atoms with Gasteiger partial charge in [0.2, 0.25) is 0 Å². The molecule has 4 heteroatoms. The molecule has 19 heavy (non-hydrogen) atoms. The summed E-state index contributed by atoms with van der Waals surface area (Å²) in [5.41, 5.74) is 1.72. The van der Waals surface area contributed by atoms with Gasteiger partial charge in [-0.2, -0.15) is 5.26 Å². The van der Waals surface area contributed by atoms with Gasteiger partial charge in [-0.1, -0.05) is 6.92 Å². The molecular formula is C15H21N3O. The Morgan fingerprint density at radius 1 is 1.42 bits per heavy atom. The maximum atomic E-state index is 9.26. The molecule has 1 heterocycles. The quantitative estimate of drug-likeness (QED) is 0.833. The number of piperazine rings is 1. The third-order valence-electron chi connectivity index (χ3n) is 3.91. The number of nitrogens with zero attached hydrogens (tertiary/aromatic N) is 3. The number of hydrogen-bond acceptors (Lipinski definition) is 4. The van der Waals surface area contributed by atoms with Crippen molar-refractivity contribution in [3.05, 3.63) is 23.8 Å². The van der Waals surface area contributed by atoms with Gasteiger partial charge in [-0.3, -0.25) is 4.90 Å². The monoisotopic (exact) mass is 259 g/mol. The Morgan fingerprint density at radius 2 is 2.21 bits per heavy atom. The second-order valence-corrected chi connectivity index (χ2v) is 4.98. The lowest BCUT2D eigenvalue weighted by Gasteiger charge is -2.40. The summed E-state index contributed by atoms with van der Waals surface area (Å²) in [7, 11) is 3.83. The zero-order chi connectivity index (χ0) is 13.8. The van der Waals surface area contributed by atoms with Crippen molar-refractivity contribution in [1.29, 1.82) is 5.26 Å². The number of likely N-dealkylation sites (N-methyl/N-ethyl adjacent to an activating group) is 1. The lowest BCUT2D eigenvalue weighted by Crippen LogP contribution is -2.51. The van der Waals surface area contributed by atoms with Crippen LogP contribution >= 0.6 is 0 Å². The highest BCUT2D eigenvalue weighted by Gasteiger charge is 2.24. The first-order chi connectivity index (χ1) is 9.19. The van der Waals surface area contributed by atoms with Crippen LogP contribution in [-0.4, -0.2) is 44.7 Å². The minimum atomic E-state index is 0.548. The zero-order valence-electron chi connectivity index (χ0n) is 11.9. The topological polar surface area (TPSA) is 39.5 Å². The van der Waals surface area contributed by atoms with Crippen LogP contribution in [0, 0.1) is 11.3 Å². The molecule has 1 aliphatic heterocycles. The molecule has 1 aromatic rings. The molecule has 1 fully saturated rings. The largest absolute Gasteiger partial charge is 0.497 e. The van der Waals surface area contributed by atoms with Gasteiger partial charge >= 0.3 is 0 Å². The van der Waals surface area contributed by atoms with Crippen molar-refractivity contribution in [2.75, 3.05) is 38.7 Å². The summed E-state index contributed by atoms with van der Waals surface area (Å²) in [6.07, 6.45) is 1.12. The second-order valence-electron chi connectivity index (χ2n) is 4.98. The highest BCUT2D eigenvalue weighted by molar-refractivity contribution is 5.62. The van der Waals surface area contributed by atoms with Gasteiger partial charge in [-0.05, 0) is 25.6 Å². The average Bonchev–Trinajstić information content (AvgIpc) is 2.47. The molecule has 0 radical (unpaired) electrons. The van der Waals surface area contributed by atoms with E-state index in [0.717, 1.165) is 43.1 Å². The van der Waals surface area contributed by atoms with Crippen molar-refractivity contribution in [1.82, 2.24) is 4.90 Å². The molecule has 0 aromatic heterocycles. The Labute approximate surface area is 115 Å². The summed E-state index contributed by atoms with van der Waals surface area (Å²) in [5.74, 6) is 0.806. The first-order valence-corrected chi connectivity index (χ1v) is 6.73. The van der Waals surface area contributed by atoms with Crippen molar-refractivity contribution in [2.45, 2.75) is 19.4 Å². The number of methoxy groups -OCH3 is 1. The Balaban J connectivity index is 2.28. The zero-order valence-corrected chi connectivity index (χ0v) is 11.9. The molecule has 1 aliphatic rings. The van der Waals surface area contributed by atoms with Crippen LogP contribution in [0.5, 0.6) is 5.75 Å². The van der Waals surface area contributed by atoms with Crippen LogP contribution in [0.3, 0.4) is 0 Å². The summed E-state index contributed by atoms with van der Waals surface area (Å²) in [5, 5.41) is 9.26. The normalized spacial score (nSPS) is 20.1. The van der Waals surface area contributed by atoms with Gasteiger partial charge in [0.1, 0.15) is 11.8 Å². The van der Waals surface area contributed by atoms with Gasteiger partial charge in [0.05, 0.1) is 18.4 Å². The number of benzene rings is 1. The number of hydrogen-bond donors (Lipinski definition) is 0. The first-order valence-electron chi connectivity index (χ1n) is 6.73. The molecule has 0 aliphatic carbocycles. The fourth-order valence-corrected chi connectivity index (χ4v) is 2.60. The molecule has 0 saturated carbocycles. The third kappa shape index (κ3) is 2.82. The van der Waals surface area contributed by atoms with Crippen molar-refractivity contribution < 1.29 is 4.74 Å². The van der Waals surface area contributed by atoms with E-state index in [-0.39, 0.29) is 0 Å². The first kappa shape index (κ1) is 13.7. The van der Waals surface area contributed by atoms with Crippen LogP contribution < -0.4 is 9.64 Å². The summed E-state index contributed by atoms with van der Waals surface area (Å²) < 4.78 is 5.27. The fourth-order valence-electron chi connectivity index (χ4n) is 2.60. The van der Waals surface area contributed by atoms with E-state index < -0.39 is 0 Å². The molecule has 1 atom stereocenters. The molecule has 102 valence electrons. The van der Waals surface area contributed by atoms with Crippen LogP contribution in [0.1, 0.15) is 18.9 Å². The molecule has 1 saturated heterocycles. The molecule has 1 unspecified atom stereocenters. The third-order valence-corrected chi connectivity index (χ3v) is 3.91. The standard InChI is InChI=1S/C15H21N3O/c1-4-13-11-18(8-7-17(13)2)15-9-14(19-3)6-5-12(15)10-16/h5-6,9,13H,4,7-8,11H2,1-3H3. The van der Waals surface area contributed by atoms with Crippen molar-refractivity contribution in [2.24, 2.45) is 0 Å². The summed E-state index contributed by atoms with van der Waals surface area (Å²) in [4.78, 5) is 4.69. The van der Waals surface area contributed by atoms with Crippen LogP contribution in [0.4, 0.5) is 5.69 Å². The average molecular weight is 259 g/mol. The van der Waals surface area contributed by atoms with Crippen molar-refractivity contribution in [3.63, 3.8) is 0 Å². The van der Waals surface area contributed by atoms with Gasteiger partial charge in [0.15, 0.2) is 0 Å². The SMILES string of the molecule is CCC1CN(c2cc(OC)ccc2C#N)CCN1C. The minimum Gasteiger partial charge on any atom is -0.497 e. The van der Waals surface area contributed by atoms with Gasteiger partial charge < -0.3 is 9.64 Å². The van der Waals surface area contributed by atoms with E-state index in [9.17, 15) is 5.26 Å². The number of ether oxygens (including phenoxy) is 1. The summed E-state index contributed by atoms with van der Waals surface area (Å²) >= 11 is 0. The van der Waals surface area contributed by atoms with E-state index in [1.165, 1.54) is 0 Å². The van der Waals surface area contributed by atoms with E-state index >= 15 is 0 Å². The molecule has 0 N–H and O–H groups in total. The number of rotatable bonds is 3. The Morgan fingerprint density at radius 3 is 2.84 bits per heavy atom. The molecular weight excluding hydrogens is 238 g/mol. The Kier molecular flexibility index (Phi) is 4.28. The smallest absolute Gasteiger partial charge is 0.121 e. The van der Waals surface area contributed by atoms with Gasteiger partial charge in [-0.15, -0.1) is 0 Å². The fraction of sp³-hybridized carbons (Fsp3) is 0.533. The Hall–Kier alpha value is -1.73. The maximum Gasteiger partial charge on any atom is 0.121 e. The maximum absolute atomic E-state index is 9.26. The van der Waals surface area contributed by atoms with Crippen LogP contribution in [0.25, 0.3) is 0 Å². The van der Waals surface area contributed by atoms with Crippen LogP contribution in [0.15, 0.2) is 18.2 Å². The minimum absolute atomic E-state index is 0.548. The predicted octanol–water partition coefficient (Wildman–Crippen LogP) is 2.10. The molecule has 0 bridgehead atoms.